The Bertz CT molecular complexity index is 499. The van der Waals surface area contributed by atoms with Crippen LogP contribution in [0.1, 0.15) is 32.1 Å². The molecule has 2 rings (SSSR count). The van der Waals surface area contributed by atoms with Gasteiger partial charge in [-0.15, -0.1) is 0 Å². The second kappa shape index (κ2) is 5.40. The van der Waals surface area contributed by atoms with E-state index in [1.807, 2.05) is 25.3 Å². The second-order valence-corrected chi connectivity index (χ2v) is 5.09. The molecule has 2 aromatic rings. The van der Waals surface area contributed by atoms with E-state index in [9.17, 15) is 0 Å². The third-order valence-electron chi connectivity index (χ3n) is 3.32. The summed E-state index contributed by atoms with van der Waals surface area (Å²) in [7, 11) is 0. The number of hydrogen-bond donors (Lipinski definition) is 2. The molecule has 0 aliphatic carbocycles. The molecule has 0 aliphatic heterocycles. The van der Waals surface area contributed by atoms with E-state index in [0.717, 1.165) is 29.3 Å². The fraction of sp³-hybridized carbons (Fsp3) is 0.500. The number of hydrogen-bond acceptors (Lipinski definition) is 3. The van der Waals surface area contributed by atoms with E-state index >= 15 is 0 Å². The van der Waals surface area contributed by atoms with Crippen molar-refractivity contribution >= 4 is 0 Å². The Morgan fingerprint density at radius 1 is 1.33 bits per heavy atom. The highest BCUT2D eigenvalue weighted by Gasteiger charge is 2.12. The zero-order valence-corrected chi connectivity index (χ0v) is 11.4. The van der Waals surface area contributed by atoms with E-state index in [-0.39, 0.29) is 0 Å². The highest BCUT2D eigenvalue weighted by molar-refractivity contribution is 5.56. The number of H-pyrrole nitrogens is 1. The number of nitrogens with one attached hydrogen (secondary N) is 2. The zero-order chi connectivity index (χ0) is 13.1. The summed E-state index contributed by atoms with van der Waals surface area (Å²) >= 11 is 0. The summed E-state index contributed by atoms with van der Waals surface area (Å²) in [5.74, 6) is 2.37. The Morgan fingerprint density at radius 2 is 2.11 bits per heavy atom. The molecule has 2 N–H and O–H groups in total. The van der Waals surface area contributed by atoms with Gasteiger partial charge in [-0.05, 0) is 31.9 Å². The number of nitrogens with zero attached hydrogens (tertiary/aromatic N) is 1. The molecular formula is C14H21N3O. The molecule has 0 radical (unpaired) electrons. The predicted octanol–water partition coefficient (Wildman–Crippen LogP) is 3.11. The van der Waals surface area contributed by atoms with Gasteiger partial charge in [-0.2, -0.15) is 5.10 Å². The quantitative estimate of drug-likeness (QED) is 0.853. The largest absolute Gasteiger partial charge is 0.460 e. The van der Waals surface area contributed by atoms with E-state index < -0.39 is 0 Å². The topological polar surface area (TPSA) is 53.9 Å². The highest BCUT2D eigenvalue weighted by atomic mass is 16.3. The summed E-state index contributed by atoms with van der Waals surface area (Å²) in [6, 6.07) is 4.41. The zero-order valence-electron chi connectivity index (χ0n) is 11.4. The number of aromatic amines is 1. The highest BCUT2D eigenvalue weighted by Crippen LogP contribution is 2.23. The van der Waals surface area contributed by atoms with E-state index in [2.05, 4.69) is 36.3 Å². The maximum absolute atomic E-state index is 5.62. The molecule has 0 aliphatic rings. The molecule has 18 heavy (non-hydrogen) atoms. The maximum Gasteiger partial charge on any atom is 0.152 e. The van der Waals surface area contributed by atoms with Gasteiger partial charge in [0.25, 0.3) is 0 Å². The van der Waals surface area contributed by atoms with Crippen molar-refractivity contribution in [3.63, 3.8) is 0 Å². The third-order valence-corrected chi connectivity index (χ3v) is 3.32. The molecule has 2 aromatic heterocycles. The van der Waals surface area contributed by atoms with Gasteiger partial charge in [0.2, 0.25) is 0 Å². The average molecular weight is 247 g/mol. The molecule has 0 aromatic carbocycles. The van der Waals surface area contributed by atoms with Gasteiger partial charge in [0.15, 0.2) is 5.76 Å². The summed E-state index contributed by atoms with van der Waals surface area (Å²) in [6.07, 6.45) is 1.85. The van der Waals surface area contributed by atoms with Gasteiger partial charge in [0, 0.05) is 18.2 Å². The van der Waals surface area contributed by atoms with Crippen LogP contribution in [0.15, 0.2) is 22.7 Å². The van der Waals surface area contributed by atoms with Crippen molar-refractivity contribution in [3.05, 3.63) is 29.7 Å². The summed E-state index contributed by atoms with van der Waals surface area (Å²) < 4.78 is 5.62. The molecule has 0 amide bonds. The van der Waals surface area contributed by atoms with Crippen LogP contribution in [-0.2, 0) is 6.54 Å². The molecule has 0 spiro atoms. The van der Waals surface area contributed by atoms with E-state index in [1.165, 1.54) is 0 Å². The van der Waals surface area contributed by atoms with Crippen LogP contribution < -0.4 is 5.32 Å². The molecule has 4 nitrogen and oxygen atoms in total. The molecular weight excluding hydrogens is 226 g/mol. The maximum atomic E-state index is 5.62. The van der Waals surface area contributed by atoms with Crippen molar-refractivity contribution < 1.29 is 4.42 Å². The lowest BCUT2D eigenvalue weighted by molar-refractivity contribution is 0.426. The van der Waals surface area contributed by atoms with E-state index in [1.54, 1.807) is 0 Å². The van der Waals surface area contributed by atoms with Crippen LogP contribution in [0.5, 0.6) is 0 Å². The van der Waals surface area contributed by atoms with Gasteiger partial charge in [0.05, 0.1) is 6.20 Å². The molecule has 98 valence electrons. The Morgan fingerprint density at radius 3 is 2.72 bits per heavy atom. The first-order valence-corrected chi connectivity index (χ1v) is 6.40. The smallest absolute Gasteiger partial charge is 0.152 e. The first kappa shape index (κ1) is 12.9. The molecule has 0 saturated carbocycles. The molecule has 4 heteroatoms. The minimum absolute atomic E-state index is 0.478. The molecule has 0 bridgehead atoms. The fourth-order valence-corrected chi connectivity index (χ4v) is 1.73. The summed E-state index contributed by atoms with van der Waals surface area (Å²) in [4.78, 5) is 0. The van der Waals surface area contributed by atoms with Crippen LogP contribution in [0, 0.1) is 12.8 Å². The van der Waals surface area contributed by atoms with Gasteiger partial charge >= 0.3 is 0 Å². The van der Waals surface area contributed by atoms with Crippen LogP contribution in [0.2, 0.25) is 0 Å². The van der Waals surface area contributed by atoms with Crippen molar-refractivity contribution in [3.8, 4) is 11.5 Å². The van der Waals surface area contributed by atoms with Crippen LogP contribution in [-0.4, -0.2) is 16.2 Å². The minimum Gasteiger partial charge on any atom is -0.460 e. The van der Waals surface area contributed by atoms with Crippen LogP contribution in [0.25, 0.3) is 11.5 Å². The predicted molar refractivity (Wildman–Crippen MR) is 72.2 cm³/mol. The number of furan rings is 1. The minimum atomic E-state index is 0.478. The normalized spacial score (nSPS) is 13.2. The summed E-state index contributed by atoms with van der Waals surface area (Å²) in [5.41, 5.74) is 2.10. The Balaban J connectivity index is 2.09. The standard InChI is InChI=1S/C14H21N3O/c1-9(2)11(4)15-7-12-8-16-17-14(12)13-6-5-10(3)18-13/h5-6,8-9,11,15H,7H2,1-4H3,(H,16,17). The van der Waals surface area contributed by atoms with Crippen molar-refractivity contribution in [2.24, 2.45) is 5.92 Å². The van der Waals surface area contributed by atoms with Gasteiger partial charge in [-0.25, -0.2) is 0 Å². The van der Waals surface area contributed by atoms with Crippen molar-refractivity contribution in [1.82, 2.24) is 15.5 Å². The molecule has 1 unspecified atom stereocenters. The van der Waals surface area contributed by atoms with Crippen LogP contribution in [0.4, 0.5) is 0 Å². The third kappa shape index (κ3) is 2.82. The van der Waals surface area contributed by atoms with Gasteiger partial charge in [-0.1, -0.05) is 13.8 Å². The average Bonchev–Trinajstić information content (AvgIpc) is 2.93. The SMILES string of the molecule is Cc1ccc(-c2[nH]ncc2CNC(C)C(C)C)o1. The first-order chi connectivity index (χ1) is 8.58. The summed E-state index contributed by atoms with van der Waals surface area (Å²) in [5, 5.41) is 10.6. The van der Waals surface area contributed by atoms with E-state index in [4.69, 9.17) is 4.42 Å². The summed E-state index contributed by atoms with van der Waals surface area (Å²) in [6.45, 7) is 9.36. The first-order valence-electron chi connectivity index (χ1n) is 6.40. The lowest BCUT2D eigenvalue weighted by Crippen LogP contribution is -2.30. The lowest BCUT2D eigenvalue weighted by Gasteiger charge is -2.17. The monoisotopic (exact) mass is 247 g/mol. The van der Waals surface area contributed by atoms with Gasteiger partial charge in [-0.3, -0.25) is 5.10 Å². The Labute approximate surface area is 108 Å². The number of rotatable bonds is 5. The second-order valence-electron chi connectivity index (χ2n) is 5.09. The van der Waals surface area contributed by atoms with E-state index in [0.29, 0.717) is 12.0 Å². The molecule has 0 fully saturated rings. The van der Waals surface area contributed by atoms with Gasteiger partial charge in [0.1, 0.15) is 11.5 Å². The van der Waals surface area contributed by atoms with Crippen molar-refractivity contribution in [2.45, 2.75) is 40.3 Å². The van der Waals surface area contributed by atoms with Crippen molar-refractivity contribution in [1.29, 1.82) is 0 Å². The fourth-order valence-electron chi connectivity index (χ4n) is 1.73. The number of aryl methyl sites for hydroxylation is 1. The van der Waals surface area contributed by atoms with Crippen LogP contribution >= 0.6 is 0 Å². The van der Waals surface area contributed by atoms with Crippen LogP contribution in [0.3, 0.4) is 0 Å². The lowest BCUT2D eigenvalue weighted by atomic mass is 10.1. The molecule has 0 saturated heterocycles. The Hall–Kier alpha value is -1.55. The molecule has 2 heterocycles. The Kier molecular flexibility index (Phi) is 3.87. The van der Waals surface area contributed by atoms with Crippen molar-refractivity contribution in [2.75, 3.05) is 0 Å². The number of aromatic nitrogens is 2. The van der Waals surface area contributed by atoms with Gasteiger partial charge < -0.3 is 9.73 Å². The molecule has 1 atom stereocenters.